The highest BCUT2D eigenvalue weighted by atomic mass is 35.5. The number of halogens is 1. The molecule has 0 unspecified atom stereocenters. The van der Waals surface area contributed by atoms with Gasteiger partial charge in [-0.25, -0.2) is 9.97 Å². The van der Waals surface area contributed by atoms with Crippen molar-refractivity contribution >= 4 is 23.4 Å². The van der Waals surface area contributed by atoms with Crippen molar-refractivity contribution in [3.63, 3.8) is 0 Å². The number of carbonyl (C=O) groups is 2. The van der Waals surface area contributed by atoms with Crippen molar-refractivity contribution in [2.45, 2.75) is 31.8 Å². The zero-order valence-electron chi connectivity index (χ0n) is 16.9. The second kappa shape index (κ2) is 8.73. The van der Waals surface area contributed by atoms with Gasteiger partial charge in [-0.1, -0.05) is 29.8 Å². The number of aromatic nitrogens is 2. The Labute approximate surface area is 184 Å². The summed E-state index contributed by atoms with van der Waals surface area (Å²) in [6.45, 7) is 2.31. The molecule has 1 saturated carbocycles. The number of hydrogen-bond acceptors (Lipinski definition) is 5. The van der Waals surface area contributed by atoms with Crippen LogP contribution in [0.2, 0.25) is 5.02 Å². The average Bonchev–Trinajstić information content (AvgIpc) is 3.56. The van der Waals surface area contributed by atoms with Crippen LogP contribution in [-0.2, 0) is 11.3 Å². The van der Waals surface area contributed by atoms with Crippen molar-refractivity contribution in [1.82, 2.24) is 20.6 Å². The van der Waals surface area contributed by atoms with E-state index in [1.54, 1.807) is 0 Å². The molecule has 0 aliphatic heterocycles. The van der Waals surface area contributed by atoms with Crippen molar-refractivity contribution in [3.8, 4) is 11.5 Å². The molecule has 0 radical (unpaired) electrons. The third-order valence-corrected chi connectivity index (χ3v) is 5.35. The minimum absolute atomic E-state index is 0.204. The zero-order chi connectivity index (χ0) is 21.8. The van der Waals surface area contributed by atoms with Crippen LogP contribution < -0.4 is 15.4 Å². The Balaban J connectivity index is 1.31. The summed E-state index contributed by atoms with van der Waals surface area (Å²) < 4.78 is 5.82. The van der Waals surface area contributed by atoms with E-state index in [4.69, 9.17) is 16.3 Å². The molecule has 1 heterocycles. The van der Waals surface area contributed by atoms with Crippen LogP contribution in [0.5, 0.6) is 11.5 Å². The Hall–Kier alpha value is -3.45. The third kappa shape index (κ3) is 5.00. The molecule has 0 atom stereocenters. The topological polar surface area (TPSA) is 93.2 Å². The van der Waals surface area contributed by atoms with E-state index in [0.29, 0.717) is 41.5 Å². The Morgan fingerprint density at radius 3 is 2.45 bits per heavy atom. The fraction of sp³-hybridized carbons (Fsp3) is 0.217. The van der Waals surface area contributed by atoms with Gasteiger partial charge in [0.25, 0.3) is 5.91 Å². The number of nitrogens with zero attached hydrogens (tertiary/aromatic N) is 2. The van der Waals surface area contributed by atoms with Gasteiger partial charge in [0.05, 0.1) is 10.6 Å². The van der Waals surface area contributed by atoms with Crippen LogP contribution in [0, 0.1) is 6.92 Å². The maximum atomic E-state index is 12.6. The van der Waals surface area contributed by atoms with Crippen molar-refractivity contribution in [1.29, 1.82) is 0 Å². The van der Waals surface area contributed by atoms with E-state index in [9.17, 15) is 9.59 Å². The van der Waals surface area contributed by atoms with Crippen LogP contribution in [-0.4, -0.2) is 27.3 Å². The molecule has 1 aromatic heterocycles. The normalized spacial score (nSPS) is 13.9. The van der Waals surface area contributed by atoms with E-state index < -0.39 is 5.54 Å². The van der Waals surface area contributed by atoms with Crippen molar-refractivity contribution in [3.05, 3.63) is 82.9 Å². The summed E-state index contributed by atoms with van der Waals surface area (Å²) in [6, 6.07) is 13.0. The first-order valence-electron chi connectivity index (χ1n) is 9.84. The molecule has 1 aliphatic rings. The quantitative estimate of drug-likeness (QED) is 0.587. The van der Waals surface area contributed by atoms with Crippen LogP contribution in [0.15, 0.2) is 61.2 Å². The second-order valence-electron chi connectivity index (χ2n) is 7.53. The molecule has 0 spiro atoms. The lowest BCUT2D eigenvalue weighted by molar-refractivity contribution is -0.124. The summed E-state index contributed by atoms with van der Waals surface area (Å²) >= 11 is 6.21. The lowest BCUT2D eigenvalue weighted by Crippen LogP contribution is -2.48. The summed E-state index contributed by atoms with van der Waals surface area (Å²) in [5.41, 5.74) is 1.43. The van der Waals surface area contributed by atoms with Crippen LogP contribution in [0.4, 0.5) is 0 Å². The van der Waals surface area contributed by atoms with Crippen molar-refractivity contribution in [2.75, 3.05) is 0 Å². The van der Waals surface area contributed by atoms with Gasteiger partial charge in [-0.3, -0.25) is 9.59 Å². The Morgan fingerprint density at radius 1 is 1.10 bits per heavy atom. The number of hydrogen-bond donors (Lipinski definition) is 2. The summed E-state index contributed by atoms with van der Waals surface area (Å²) in [5.74, 6) is 0.675. The number of rotatable bonds is 7. The van der Waals surface area contributed by atoms with Crippen molar-refractivity contribution < 1.29 is 14.3 Å². The number of aryl methyl sites for hydroxylation is 1. The van der Waals surface area contributed by atoms with Crippen LogP contribution in [0.1, 0.15) is 34.3 Å². The van der Waals surface area contributed by atoms with Gasteiger partial charge in [-0.15, -0.1) is 0 Å². The Bertz CT molecular complexity index is 1100. The molecular weight excluding hydrogens is 416 g/mol. The molecule has 2 N–H and O–H groups in total. The van der Waals surface area contributed by atoms with Gasteiger partial charge in [-0.05, 0) is 55.2 Å². The van der Waals surface area contributed by atoms with Gasteiger partial charge in [0.2, 0.25) is 5.91 Å². The van der Waals surface area contributed by atoms with Gasteiger partial charge in [-0.2, -0.15) is 0 Å². The van der Waals surface area contributed by atoms with E-state index in [1.807, 2.05) is 49.4 Å². The van der Waals surface area contributed by atoms with E-state index >= 15 is 0 Å². The minimum atomic E-state index is -0.863. The van der Waals surface area contributed by atoms with E-state index in [-0.39, 0.29) is 11.8 Å². The highest BCUT2D eigenvalue weighted by Crippen LogP contribution is 2.36. The third-order valence-electron chi connectivity index (χ3n) is 5.05. The maximum absolute atomic E-state index is 12.6. The van der Waals surface area contributed by atoms with E-state index in [0.717, 1.165) is 11.1 Å². The minimum Gasteiger partial charge on any atom is -0.456 e. The molecule has 4 rings (SSSR count). The number of amides is 2. The molecule has 7 nitrogen and oxygen atoms in total. The molecule has 1 fully saturated rings. The standard InChI is InChI=1S/C23H21ClN4O3/c1-15-2-7-20(19(24)10-15)31-18-5-3-16(4-6-18)11-27-22(30)23(8-9-23)28-21(29)17-12-25-14-26-13-17/h2-7,10,12-14H,8-9,11H2,1H3,(H,27,30)(H,28,29). The predicted molar refractivity (Wildman–Crippen MR) is 116 cm³/mol. The molecule has 0 bridgehead atoms. The van der Waals surface area contributed by atoms with Gasteiger partial charge < -0.3 is 15.4 Å². The Kier molecular flexibility index (Phi) is 5.86. The maximum Gasteiger partial charge on any atom is 0.255 e. The zero-order valence-corrected chi connectivity index (χ0v) is 17.6. The monoisotopic (exact) mass is 436 g/mol. The molecule has 0 saturated heterocycles. The van der Waals surface area contributed by atoms with Crippen LogP contribution in [0.3, 0.4) is 0 Å². The van der Waals surface area contributed by atoms with Gasteiger partial charge in [0.15, 0.2) is 0 Å². The second-order valence-corrected chi connectivity index (χ2v) is 7.93. The van der Waals surface area contributed by atoms with Crippen LogP contribution >= 0.6 is 11.6 Å². The number of carbonyl (C=O) groups excluding carboxylic acids is 2. The highest BCUT2D eigenvalue weighted by Gasteiger charge is 2.51. The molecule has 2 amide bonds. The first-order valence-corrected chi connectivity index (χ1v) is 10.2. The number of nitrogens with one attached hydrogen (secondary N) is 2. The van der Waals surface area contributed by atoms with Crippen LogP contribution in [0.25, 0.3) is 0 Å². The molecule has 2 aromatic carbocycles. The molecule has 158 valence electrons. The number of benzene rings is 2. The van der Waals surface area contributed by atoms with Gasteiger partial charge in [0.1, 0.15) is 23.4 Å². The SMILES string of the molecule is Cc1ccc(Oc2ccc(CNC(=O)C3(NC(=O)c4cncnc4)CC3)cc2)c(Cl)c1. The fourth-order valence-corrected chi connectivity index (χ4v) is 3.36. The summed E-state index contributed by atoms with van der Waals surface area (Å²) in [7, 11) is 0. The molecule has 8 heteroatoms. The lowest BCUT2D eigenvalue weighted by atomic mass is 10.2. The van der Waals surface area contributed by atoms with E-state index in [2.05, 4.69) is 20.6 Å². The Morgan fingerprint density at radius 2 is 1.81 bits per heavy atom. The number of ether oxygens (including phenoxy) is 1. The van der Waals surface area contributed by atoms with Crippen molar-refractivity contribution in [2.24, 2.45) is 0 Å². The lowest BCUT2D eigenvalue weighted by Gasteiger charge is -2.17. The predicted octanol–water partition coefficient (Wildman–Crippen LogP) is 3.81. The van der Waals surface area contributed by atoms with E-state index in [1.165, 1.54) is 18.7 Å². The highest BCUT2D eigenvalue weighted by molar-refractivity contribution is 6.32. The molecule has 1 aliphatic carbocycles. The first kappa shape index (κ1) is 20.8. The largest absolute Gasteiger partial charge is 0.456 e. The molecule has 31 heavy (non-hydrogen) atoms. The first-order chi connectivity index (χ1) is 14.9. The molecular formula is C23H21ClN4O3. The van der Waals surface area contributed by atoms with Gasteiger partial charge >= 0.3 is 0 Å². The average molecular weight is 437 g/mol. The fourth-order valence-electron chi connectivity index (χ4n) is 3.08. The van der Waals surface area contributed by atoms with Gasteiger partial charge in [0, 0.05) is 18.9 Å². The summed E-state index contributed by atoms with van der Waals surface area (Å²) in [4.78, 5) is 32.6. The summed E-state index contributed by atoms with van der Waals surface area (Å²) in [6.07, 6.45) is 5.39. The smallest absolute Gasteiger partial charge is 0.255 e. The summed E-state index contributed by atoms with van der Waals surface area (Å²) in [5, 5.41) is 6.25. The molecule has 3 aromatic rings.